The van der Waals surface area contributed by atoms with Crippen molar-refractivity contribution >= 4 is 21.6 Å². The molecule has 4 nitrogen and oxygen atoms in total. The van der Waals surface area contributed by atoms with E-state index in [1.807, 2.05) is 6.07 Å². The van der Waals surface area contributed by atoms with Crippen molar-refractivity contribution in [2.75, 3.05) is 7.05 Å². The summed E-state index contributed by atoms with van der Waals surface area (Å²) in [6.07, 6.45) is -0.909. The Morgan fingerprint density at radius 1 is 1.05 bits per heavy atom. The average molecular weight is 340 g/mol. The van der Waals surface area contributed by atoms with Crippen molar-refractivity contribution in [2.24, 2.45) is 0 Å². The molecule has 0 fully saturated rings. The highest BCUT2D eigenvalue weighted by Gasteiger charge is 2.30. The molecule has 0 bridgehead atoms. The van der Waals surface area contributed by atoms with Crippen molar-refractivity contribution in [1.29, 1.82) is 0 Å². The van der Waals surface area contributed by atoms with Gasteiger partial charge in [-0.25, -0.2) is 8.42 Å². The summed E-state index contributed by atoms with van der Waals surface area (Å²) in [7, 11) is -2.23. The maximum Gasteiger partial charge on any atom is 0.243 e. The Hall–Kier alpha value is -1.40. The quantitative estimate of drug-likeness (QED) is 0.910. The third-order valence-electron chi connectivity index (χ3n) is 3.66. The molecule has 2 rings (SSSR count). The van der Waals surface area contributed by atoms with Crippen LogP contribution in [-0.2, 0) is 10.0 Å². The zero-order valence-electron chi connectivity index (χ0n) is 12.3. The molecule has 6 heteroatoms. The van der Waals surface area contributed by atoms with E-state index >= 15 is 0 Å². The van der Waals surface area contributed by atoms with Gasteiger partial charge in [0.1, 0.15) is 0 Å². The van der Waals surface area contributed by atoms with Crippen LogP contribution in [0.1, 0.15) is 18.6 Å². The van der Waals surface area contributed by atoms with Gasteiger partial charge in [0, 0.05) is 12.1 Å². The molecule has 2 aromatic carbocycles. The Morgan fingerprint density at radius 3 is 2.14 bits per heavy atom. The molecule has 0 aliphatic heterocycles. The number of hydrogen-bond acceptors (Lipinski definition) is 3. The number of nitrogens with zero attached hydrogens (tertiary/aromatic N) is 1. The van der Waals surface area contributed by atoms with Gasteiger partial charge >= 0.3 is 0 Å². The number of halogens is 1. The van der Waals surface area contributed by atoms with Crippen molar-refractivity contribution in [3.05, 3.63) is 65.2 Å². The standard InChI is InChI=1S/C16H18ClNO3S/c1-12(16(19)13-6-4-3-5-7-13)18(2)22(20,21)15-10-8-14(17)9-11-15/h3-12,16,19H,1-2H3/t12-,16+/m0/s1. The predicted octanol–water partition coefficient (Wildman–Crippen LogP) is 3.08. The number of aliphatic hydroxyl groups is 1. The van der Waals surface area contributed by atoms with Crippen molar-refractivity contribution in [3.8, 4) is 0 Å². The molecule has 0 saturated heterocycles. The van der Waals surface area contributed by atoms with Crippen LogP contribution in [0.4, 0.5) is 0 Å². The Bertz CT molecular complexity index is 717. The van der Waals surface area contributed by atoms with Gasteiger partial charge in [0.15, 0.2) is 0 Å². The molecule has 2 aromatic rings. The van der Waals surface area contributed by atoms with Crippen LogP contribution in [0.15, 0.2) is 59.5 Å². The average Bonchev–Trinajstić information content (AvgIpc) is 2.54. The molecule has 2 atom stereocenters. The molecule has 0 radical (unpaired) electrons. The van der Waals surface area contributed by atoms with Crippen LogP contribution in [0, 0.1) is 0 Å². The topological polar surface area (TPSA) is 57.6 Å². The monoisotopic (exact) mass is 339 g/mol. The van der Waals surface area contributed by atoms with Crippen LogP contribution < -0.4 is 0 Å². The third kappa shape index (κ3) is 3.50. The second-order valence-corrected chi connectivity index (χ2v) is 7.51. The van der Waals surface area contributed by atoms with Gasteiger partial charge in [-0.05, 0) is 36.8 Å². The van der Waals surface area contributed by atoms with E-state index in [0.29, 0.717) is 10.6 Å². The van der Waals surface area contributed by atoms with Gasteiger partial charge in [-0.15, -0.1) is 0 Å². The molecule has 1 N–H and O–H groups in total. The summed E-state index contributed by atoms with van der Waals surface area (Å²) < 4.78 is 26.4. The van der Waals surface area contributed by atoms with Crippen LogP contribution in [0.5, 0.6) is 0 Å². The van der Waals surface area contributed by atoms with Gasteiger partial charge in [-0.1, -0.05) is 41.9 Å². The molecular weight excluding hydrogens is 322 g/mol. The highest BCUT2D eigenvalue weighted by atomic mass is 35.5. The lowest BCUT2D eigenvalue weighted by molar-refractivity contribution is 0.108. The lowest BCUT2D eigenvalue weighted by Gasteiger charge is -2.28. The van der Waals surface area contributed by atoms with Crippen molar-refractivity contribution in [1.82, 2.24) is 4.31 Å². The molecule has 0 aliphatic rings. The first-order chi connectivity index (χ1) is 10.3. The summed E-state index contributed by atoms with van der Waals surface area (Å²) in [6.45, 7) is 1.67. The lowest BCUT2D eigenvalue weighted by Crippen LogP contribution is -2.39. The number of likely N-dealkylation sites (N-methyl/N-ethyl adjacent to an activating group) is 1. The summed E-state index contributed by atoms with van der Waals surface area (Å²) in [5.74, 6) is 0. The molecule has 0 aromatic heterocycles. The second-order valence-electron chi connectivity index (χ2n) is 5.07. The Kier molecular flexibility index (Phi) is 5.24. The van der Waals surface area contributed by atoms with Crippen LogP contribution in [0.2, 0.25) is 5.02 Å². The van der Waals surface area contributed by atoms with Crippen molar-refractivity contribution in [2.45, 2.75) is 24.0 Å². The number of aliphatic hydroxyl groups excluding tert-OH is 1. The summed E-state index contributed by atoms with van der Waals surface area (Å²) in [5.41, 5.74) is 0.674. The van der Waals surface area contributed by atoms with E-state index in [1.54, 1.807) is 31.2 Å². The summed E-state index contributed by atoms with van der Waals surface area (Å²) in [6, 6.07) is 14.3. The van der Waals surface area contributed by atoms with Crippen LogP contribution in [0.3, 0.4) is 0 Å². The first-order valence-corrected chi connectivity index (χ1v) is 8.62. The molecule has 0 heterocycles. The highest BCUT2D eigenvalue weighted by molar-refractivity contribution is 7.89. The Morgan fingerprint density at radius 2 is 1.59 bits per heavy atom. The molecule has 0 unspecified atom stereocenters. The maximum absolute atomic E-state index is 12.6. The molecule has 0 saturated carbocycles. The maximum atomic E-state index is 12.6. The molecule has 0 spiro atoms. The molecule has 118 valence electrons. The number of sulfonamides is 1. The highest BCUT2D eigenvalue weighted by Crippen LogP contribution is 2.25. The van der Waals surface area contributed by atoms with Gasteiger partial charge in [0.25, 0.3) is 0 Å². The minimum absolute atomic E-state index is 0.145. The fourth-order valence-corrected chi connectivity index (χ4v) is 3.61. The van der Waals surface area contributed by atoms with Gasteiger partial charge in [-0.2, -0.15) is 4.31 Å². The summed E-state index contributed by atoms with van der Waals surface area (Å²) in [5, 5.41) is 10.9. The van der Waals surface area contributed by atoms with Gasteiger partial charge < -0.3 is 5.11 Å². The number of hydrogen-bond donors (Lipinski definition) is 1. The van der Waals surface area contributed by atoms with Crippen LogP contribution in [0.25, 0.3) is 0 Å². The van der Waals surface area contributed by atoms with Crippen LogP contribution in [-0.4, -0.2) is 30.9 Å². The second kappa shape index (κ2) is 6.79. The summed E-state index contributed by atoms with van der Waals surface area (Å²) >= 11 is 5.79. The Labute approximate surface area is 136 Å². The first kappa shape index (κ1) is 17.0. The molecular formula is C16H18ClNO3S. The zero-order chi connectivity index (χ0) is 16.3. The fraction of sp³-hybridized carbons (Fsp3) is 0.250. The van der Waals surface area contributed by atoms with Crippen LogP contribution >= 0.6 is 11.6 Å². The van der Waals surface area contributed by atoms with E-state index < -0.39 is 22.2 Å². The Balaban J connectivity index is 2.26. The van der Waals surface area contributed by atoms with E-state index in [1.165, 1.54) is 35.6 Å². The van der Waals surface area contributed by atoms with E-state index in [0.717, 1.165) is 0 Å². The van der Waals surface area contributed by atoms with Gasteiger partial charge in [0.05, 0.1) is 17.0 Å². The van der Waals surface area contributed by atoms with Gasteiger partial charge in [0.2, 0.25) is 10.0 Å². The normalized spacial score (nSPS) is 14.8. The SMILES string of the molecule is C[C@@H]([C@@H](O)c1ccccc1)N(C)S(=O)(=O)c1ccc(Cl)cc1. The predicted molar refractivity (Wildman–Crippen MR) is 87.3 cm³/mol. The molecule has 0 aliphatic carbocycles. The van der Waals surface area contributed by atoms with E-state index in [9.17, 15) is 13.5 Å². The fourth-order valence-electron chi connectivity index (χ4n) is 2.12. The van der Waals surface area contributed by atoms with E-state index in [4.69, 9.17) is 11.6 Å². The lowest BCUT2D eigenvalue weighted by atomic mass is 10.0. The largest absolute Gasteiger partial charge is 0.387 e. The number of benzene rings is 2. The van der Waals surface area contributed by atoms with E-state index in [-0.39, 0.29) is 4.90 Å². The van der Waals surface area contributed by atoms with Crippen molar-refractivity contribution < 1.29 is 13.5 Å². The smallest absolute Gasteiger partial charge is 0.243 e. The first-order valence-electron chi connectivity index (χ1n) is 6.80. The molecule has 0 amide bonds. The summed E-state index contributed by atoms with van der Waals surface area (Å²) in [4.78, 5) is 0.145. The van der Waals surface area contributed by atoms with Crippen molar-refractivity contribution in [3.63, 3.8) is 0 Å². The minimum Gasteiger partial charge on any atom is -0.387 e. The minimum atomic E-state index is -3.69. The van der Waals surface area contributed by atoms with Gasteiger partial charge in [-0.3, -0.25) is 0 Å². The molecule has 22 heavy (non-hydrogen) atoms. The zero-order valence-corrected chi connectivity index (χ0v) is 13.9. The third-order valence-corrected chi connectivity index (χ3v) is 5.87. The van der Waals surface area contributed by atoms with E-state index in [2.05, 4.69) is 0 Å². The number of rotatable bonds is 5.